The van der Waals surface area contributed by atoms with Crippen LogP contribution in [0.15, 0.2) is 36.7 Å². The number of nitrogens with one attached hydrogen (secondary N) is 2. The van der Waals surface area contributed by atoms with Crippen molar-refractivity contribution in [2.24, 2.45) is 0 Å². The number of nitrogens with zero attached hydrogens (tertiary/aromatic N) is 1. The van der Waals surface area contributed by atoms with E-state index in [0.717, 1.165) is 4.47 Å². The van der Waals surface area contributed by atoms with Gasteiger partial charge in [-0.3, -0.25) is 19.9 Å². The minimum atomic E-state index is -0.775. The summed E-state index contributed by atoms with van der Waals surface area (Å²) in [5.74, 6) is -0.405. The van der Waals surface area contributed by atoms with E-state index in [4.69, 9.17) is 4.42 Å². The molecular formula is C13H8BrN3O4. The Kier molecular flexibility index (Phi) is 3.09. The van der Waals surface area contributed by atoms with Crippen LogP contribution in [0.5, 0.6) is 0 Å². The van der Waals surface area contributed by atoms with Crippen LogP contribution in [0.3, 0.4) is 0 Å². The molecule has 2 aromatic heterocycles. The molecule has 0 bridgehead atoms. The van der Waals surface area contributed by atoms with Gasteiger partial charge in [0.15, 0.2) is 5.39 Å². The van der Waals surface area contributed by atoms with Crippen LogP contribution < -0.4 is 16.5 Å². The van der Waals surface area contributed by atoms with Crippen LogP contribution in [-0.4, -0.2) is 15.9 Å². The molecule has 0 aliphatic carbocycles. The summed E-state index contributed by atoms with van der Waals surface area (Å²) < 4.78 is 5.85. The molecule has 0 atom stereocenters. The molecule has 2 heterocycles. The molecule has 3 rings (SSSR count). The fourth-order valence-electron chi connectivity index (χ4n) is 2.01. The van der Waals surface area contributed by atoms with Gasteiger partial charge in [0, 0.05) is 16.8 Å². The molecule has 0 radical (unpaired) electrons. The van der Waals surface area contributed by atoms with Crippen LogP contribution >= 0.6 is 15.9 Å². The monoisotopic (exact) mass is 349 g/mol. The number of anilines is 1. The van der Waals surface area contributed by atoms with E-state index < -0.39 is 11.2 Å². The minimum absolute atomic E-state index is 0.0214. The second kappa shape index (κ2) is 4.81. The van der Waals surface area contributed by atoms with Crippen molar-refractivity contribution in [2.45, 2.75) is 6.92 Å². The van der Waals surface area contributed by atoms with E-state index >= 15 is 0 Å². The number of amides is 1. The van der Waals surface area contributed by atoms with E-state index in [2.05, 4.69) is 31.2 Å². The third kappa shape index (κ3) is 2.33. The Morgan fingerprint density at radius 2 is 2.14 bits per heavy atom. The van der Waals surface area contributed by atoms with Gasteiger partial charge in [0.1, 0.15) is 5.58 Å². The number of carbonyl (C=O) groups excluding carboxylic acids is 1. The first-order chi connectivity index (χ1) is 9.95. The summed E-state index contributed by atoms with van der Waals surface area (Å²) >= 11 is 3.31. The highest BCUT2D eigenvalue weighted by Gasteiger charge is 2.14. The zero-order valence-electron chi connectivity index (χ0n) is 10.7. The van der Waals surface area contributed by atoms with Crippen LogP contribution in [0.4, 0.5) is 5.95 Å². The lowest BCUT2D eigenvalue weighted by Crippen LogP contribution is -2.20. The topological polar surface area (TPSA) is 105 Å². The van der Waals surface area contributed by atoms with E-state index in [1.54, 1.807) is 18.2 Å². The predicted molar refractivity (Wildman–Crippen MR) is 80.4 cm³/mol. The van der Waals surface area contributed by atoms with Gasteiger partial charge in [-0.05, 0) is 18.2 Å². The average Bonchev–Trinajstić information content (AvgIpc) is 2.38. The van der Waals surface area contributed by atoms with Gasteiger partial charge in [-0.25, -0.2) is 9.78 Å². The Labute approximate surface area is 125 Å². The Morgan fingerprint density at radius 1 is 1.38 bits per heavy atom. The SMILES string of the molecule is CC(=O)Nc1nc2c(c(=O)[nH]1)c(=O)oc1ccc(Br)cc12. The molecule has 3 aromatic rings. The molecule has 1 amide bonds. The van der Waals surface area contributed by atoms with Crippen molar-refractivity contribution in [3.8, 4) is 0 Å². The standard InChI is InChI=1S/C13H8BrN3O4/c1-5(18)15-13-16-10-7-4-6(14)2-3-8(7)21-12(20)9(10)11(19)17-13/h2-4H,1H3,(H2,15,16,17,18,19). The molecule has 0 saturated carbocycles. The van der Waals surface area contributed by atoms with Gasteiger partial charge in [-0.15, -0.1) is 0 Å². The van der Waals surface area contributed by atoms with Crippen LogP contribution in [0, 0.1) is 0 Å². The normalized spacial score (nSPS) is 11.0. The minimum Gasteiger partial charge on any atom is -0.422 e. The van der Waals surface area contributed by atoms with Crippen LogP contribution in [0.1, 0.15) is 6.92 Å². The molecule has 2 N–H and O–H groups in total. The number of fused-ring (bicyclic) bond motifs is 3. The van der Waals surface area contributed by atoms with Gasteiger partial charge in [-0.1, -0.05) is 15.9 Å². The number of hydrogen-bond acceptors (Lipinski definition) is 5. The maximum absolute atomic E-state index is 12.0. The first kappa shape index (κ1) is 13.5. The van der Waals surface area contributed by atoms with Gasteiger partial charge in [0.05, 0.1) is 5.52 Å². The number of aromatic nitrogens is 2. The Bertz CT molecular complexity index is 1010. The lowest BCUT2D eigenvalue weighted by atomic mass is 10.2. The van der Waals surface area contributed by atoms with E-state index in [0.29, 0.717) is 11.0 Å². The van der Waals surface area contributed by atoms with Crippen LogP contribution in [0.25, 0.3) is 21.9 Å². The fraction of sp³-hybridized carbons (Fsp3) is 0.0769. The summed E-state index contributed by atoms with van der Waals surface area (Å²) in [6.45, 7) is 1.29. The molecule has 0 aliphatic rings. The molecule has 106 valence electrons. The Hall–Kier alpha value is -2.48. The first-order valence-electron chi connectivity index (χ1n) is 5.89. The molecule has 8 heteroatoms. The summed E-state index contributed by atoms with van der Waals surface area (Å²) in [6, 6.07) is 4.99. The van der Waals surface area contributed by atoms with Gasteiger partial charge in [0.25, 0.3) is 5.56 Å². The zero-order valence-corrected chi connectivity index (χ0v) is 12.3. The van der Waals surface area contributed by atoms with E-state index in [1.165, 1.54) is 6.92 Å². The Balaban J connectivity index is 2.50. The lowest BCUT2D eigenvalue weighted by Gasteiger charge is -2.05. The summed E-state index contributed by atoms with van der Waals surface area (Å²) in [5, 5.41) is 2.70. The van der Waals surface area contributed by atoms with E-state index in [9.17, 15) is 14.4 Å². The van der Waals surface area contributed by atoms with Crippen molar-refractivity contribution >= 4 is 49.7 Å². The van der Waals surface area contributed by atoms with Gasteiger partial charge < -0.3 is 4.42 Å². The third-order valence-corrected chi connectivity index (χ3v) is 3.31. The zero-order chi connectivity index (χ0) is 15.1. The average molecular weight is 350 g/mol. The maximum atomic E-state index is 12.0. The van der Waals surface area contributed by atoms with Crippen LogP contribution in [-0.2, 0) is 4.79 Å². The molecule has 0 aliphatic heterocycles. The van der Waals surface area contributed by atoms with Crippen molar-refractivity contribution in [2.75, 3.05) is 5.32 Å². The predicted octanol–water partition coefficient (Wildman–Crippen LogP) is 1.75. The van der Waals surface area contributed by atoms with Gasteiger partial charge in [0.2, 0.25) is 11.9 Å². The Morgan fingerprint density at radius 3 is 2.86 bits per heavy atom. The summed E-state index contributed by atoms with van der Waals surface area (Å²) in [6.07, 6.45) is 0. The first-order valence-corrected chi connectivity index (χ1v) is 6.69. The number of benzene rings is 1. The highest BCUT2D eigenvalue weighted by Crippen LogP contribution is 2.23. The number of hydrogen-bond donors (Lipinski definition) is 2. The highest BCUT2D eigenvalue weighted by molar-refractivity contribution is 9.10. The number of rotatable bonds is 1. The van der Waals surface area contributed by atoms with Crippen molar-refractivity contribution in [1.82, 2.24) is 9.97 Å². The quantitative estimate of drug-likeness (QED) is 0.514. The summed E-state index contributed by atoms with van der Waals surface area (Å²) in [5.41, 5.74) is -0.958. The van der Waals surface area contributed by atoms with Gasteiger partial charge in [-0.2, -0.15) is 0 Å². The lowest BCUT2D eigenvalue weighted by molar-refractivity contribution is -0.114. The molecule has 1 aromatic carbocycles. The largest absolute Gasteiger partial charge is 0.422 e. The second-order valence-corrected chi connectivity index (χ2v) is 5.27. The van der Waals surface area contributed by atoms with Crippen molar-refractivity contribution in [1.29, 1.82) is 0 Å². The third-order valence-electron chi connectivity index (χ3n) is 2.82. The number of carbonyl (C=O) groups is 1. The molecule has 0 spiro atoms. The van der Waals surface area contributed by atoms with Crippen molar-refractivity contribution < 1.29 is 9.21 Å². The summed E-state index contributed by atoms with van der Waals surface area (Å²) in [7, 11) is 0. The fourth-order valence-corrected chi connectivity index (χ4v) is 2.37. The maximum Gasteiger partial charge on any atom is 0.351 e. The molecule has 0 fully saturated rings. The molecular weight excluding hydrogens is 342 g/mol. The number of aromatic amines is 1. The van der Waals surface area contributed by atoms with Gasteiger partial charge >= 0.3 is 5.63 Å². The smallest absolute Gasteiger partial charge is 0.351 e. The van der Waals surface area contributed by atoms with Crippen molar-refractivity contribution in [3.63, 3.8) is 0 Å². The molecule has 0 saturated heterocycles. The van der Waals surface area contributed by atoms with E-state index in [1.807, 2.05) is 0 Å². The second-order valence-electron chi connectivity index (χ2n) is 4.35. The number of halogens is 1. The molecule has 7 nitrogen and oxygen atoms in total. The van der Waals surface area contributed by atoms with Crippen LogP contribution in [0.2, 0.25) is 0 Å². The molecule has 0 unspecified atom stereocenters. The van der Waals surface area contributed by atoms with Crippen molar-refractivity contribution in [3.05, 3.63) is 43.4 Å². The van der Waals surface area contributed by atoms with E-state index in [-0.39, 0.29) is 22.8 Å². The summed E-state index contributed by atoms with van der Waals surface area (Å²) in [4.78, 5) is 41.5. The number of H-pyrrole nitrogens is 1. The highest BCUT2D eigenvalue weighted by atomic mass is 79.9. The molecule has 21 heavy (non-hydrogen) atoms.